The lowest BCUT2D eigenvalue weighted by atomic mass is 10.2. The molecule has 0 atom stereocenters. The van der Waals surface area contributed by atoms with Crippen LogP contribution in [-0.4, -0.2) is 17.4 Å². The van der Waals surface area contributed by atoms with Crippen LogP contribution >= 0.6 is 0 Å². The van der Waals surface area contributed by atoms with Gasteiger partial charge in [0.2, 0.25) is 0 Å². The maximum Gasteiger partial charge on any atom is 0.269 e. The minimum absolute atomic E-state index is 0.255. The van der Waals surface area contributed by atoms with Crippen LogP contribution in [0.2, 0.25) is 0 Å². The van der Waals surface area contributed by atoms with Crippen LogP contribution in [0, 0.1) is 11.6 Å². The van der Waals surface area contributed by atoms with Crippen LogP contribution < -0.4 is 10.6 Å². The van der Waals surface area contributed by atoms with Gasteiger partial charge in [0, 0.05) is 30.2 Å². The molecule has 0 aliphatic carbocycles. The Hall–Kier alpha value is -2.50. The van der Waals surface area contributed by atoms with Gasteiger partial charge in [0.05, 0.1) is 0 Å². The molecule has 2 N–H and O–H groups in total. The van der Waals surface area contributed by atoms with Gasteiger partial charge in [-0.1, -0.05) is 19.8 Å². The number of rotatable bonds is 7. The van der Waals surface area contributed by atoms with Crippen molar-refractivity contribution in [3.8, 4) is 0 Å². The zero-order valence-corrected chi connectivity index (χ0v) is 12.9. The van der Waals surface area contributed by atoms with E-state index >= 15 is 0 Å². The number of benzene rings is 1. The fourth-order valence-electron chi connectivity index (χ4n) is 2.04. The van der Waals surface area contributed by atoms with E-state index < -0.39 is 11.6 Å². The summed E-state index contributed by atoms with van der Waals surface area (Å²) in [5.41, 5.74) is 1.24. The first kappa shape index (κ1) is 16.9. The first-order chi connectivity index (χ1) is 11.1. The van der Waals surface area contributed by atoms with E-state index in [4.69, 9.17) is 0 Å². The highest BCUT2D eigenvalue weighted by Gasteiger charge is 2.08. The molecule has 0 saturated carbocycles. The topological polar surface area (TPSA) is 54.0 Å². The lowest BCUT2D eigenvalue weighted by Gasteiger charge is -2.09. The lowest BCUT2D eigenvalue weighted by molar-refractivity contribution is 0.0948. The number of hydrogen-bond donors (Lipinski definition) is 2. The van der Waals surface area contributed by atoms with Crippen molar-refractivity contribution in [1.82, 2.24) is 10.3 Å². The molecule has 23 heavy (non-hydrogen) atoms. The number of halogens is 2. The number of nitrogens with one attached hydrogen (secondary N) is 2. The van der Waals surface area contributed by atoms with Gasteiger partial charge in [-0.05, 0) is 30.7 Å². The van der Waals surface area contributed by atoms with E-state index in [-0.39, 0.29) is 11.6 Å². The highest BCUT2D eigenvalue weighted by molar-refractivity contribution is 5.93. The van der Waals surface area contributed by atoms with E-state index in [1.807, 2.05) is 0 Å². The number of carbonyl (C=O) groups is 1. The van der Waals surface area contributed by atoms with Gasteiger partial charge < -0.3 is 10.6 Å². The summed E-state index contributed by atoms with van der Waals surface area (Å²) < 4.78 is 26.1. The quantitative estimate of drug-likeness (QED) is 0.758. The van der Waals surface area contributed by atoms with E-state index in [0.29, 0.717) is 17.9 Å². The number of hydrogen-bond acceptors (Lipinski definition) is 3. The Bertz CT molecular complexity index is 677. The maximum absolute atomic E-state index is 13.2. The summed E-state index contributed by atoms with van der Waals surface area (Å²) in [5.74, 6) is -2.09. The first-order valence-electron chi connectivity index (χ1n) is 7.56. The number of aromatic nitrogens is 1. The summed E-state index contributed by atoms with van der Waals surface area (Å²) in [6.07, 6.45) is 4.56. The second kappa shape index (κ2) is 8.22. The first-order valence-corrected chi connectivity index (χ1v) is 7.56. The van der Waals surface area contributed by atoms with Crippen molar-refractivity contribution in [3.63, 3.8) is 0 Å². The molecule has 0 aliphatic rings. The summed E-state index contributed by atoms with van der Waals surface area (Å²) >= 11 is 0. The van der Waals surface area contributed by atoms with Gasteiger partial charge >= 0.3 is 0 Å². The Morgan fingerprint density at radius 1 is 1.09 bits per heavy atom. The zero-order chi connectivity index (χ0) is 16.7. The van der Waals surface area contributed by atoms with Gasteiger partial charge in [-0.3, -0.25) is 9.78 Å². The standard InChI is InChI=1S/C17H19F2N3O/c1-2-3-4-8-21-17(23)16-11-13(7-9-20-16)22-12-5-6-14(18)15(19)10-12/h5-7,9-11H,2-4,8H2,1H3,(H,20,22)(H,21,23). The third kappa shape index (κ3) is 5.02. The molecule has 0 bridgehead atoms. The average molecular weight is 319 g/mol. The van der Waals surface area contributed by atoms with Gasteiger partial charge in [-0.15, -0.1) is 0 Å². The molecule has 122 valence electrons. The van der Waals surface area contributed by atoms with E-state index in [9.17, 15) is 13.6 Å². The third-order valence-corrected chi connectivity index (χ3v) is 3.27. The Morgan fingerprint density at radius 2 is 1.87 bits per heavy atom. The molecule has 0 saturated heterocycles. The van der Waals surface area contributed by atoms with Gasteiger partial charge in [0.1, 0.15) is 5.69 Å². The number of anilines is 2. The van der Waals surface area contributed by atoms with E-state index in [2.05, 4.69) is 22.5 Å². The Kier molecular flexibility index (Phi) is 6.02. The minimum Gasteiger partial charge on any atom is -0.355 e. The fourth-order valence-corrected chi connectivity index (χ4v) is 2.04. The Balaban J connectivity index is 2.01. The summed E-state index contributed by atoms with van der Waals surface area (Å²) in [4.78, 5) is 16.0. The van der Waals surface area contributed by atoms with Crippen molar-refractivity contribution in [3.05, 3.63) is 53.9 Å². The molecule has 0 fully saturated rings. The molecule has 0 unspecified atom stereocenters. The number of unbranched alkanes of at least 4 members (excludes halogenated alkanes) is 2. The van der Waals surface area contributed by atoms with E-state index in [0.717, 1.165) is 31.4 Å². The molecule has 2 aromatic rings. The van der Waals surface area contributed by atoms with Gasteiger partial charge in [-0.2, -0.15) is 0 Å². The molecule has 1 aromatic heterocycles. The second-order valence-electron chi connectivity index (χ2n) is 5.15. The SMILES string of the molecule is CCCCCNC(=O)c1cc(Nc2ccc(F)c(F)c2)ccn1. The van der Waals surface area contributed by atoms with Crippen molar-refractivity contribution < 1.29 is 13.6 Å². The molecule has 0 aliphatic heterocycles. The average Bonchev–Trinajstić information content (AvgIpc) is 2.55. The molecule has 0 radical (unpaired) electrons. The largest absolute Gasteiger partial charge is 0.355 e. The molecular formula is C17H19F2N3O. The smallest absolute Gasteiger partial charge is 0.269 e. The fraction of sp³-hybridized carbons (Fsp3) is 0.294. The highest BCUT2D eigenvalue weighted by atomic mass is 19.2. The van der Waals surface area contributed by atoms with Crippen molar-refractivity contribution in [2.24, 2.45) is 0 Å². The van der Waals surface area contributed by atoms with Gasteiger partial charge in [-0.25, -0.2) is 8.78 Å². The predicted octanol–water partition coefficient (Wildman–Crippen LogP) is 4.02. The molecule has 6 heteroatoms. The second-order valence-corrected chi connectivity index (χ2v) is 5.15. The van der Waals surface area contributed by atoms with Crippen molar-refractivity contribution in [2.75, 3.05) is 11.9 Å². The van der Waals surface area contributed by atoms with E-state index in [1.165, 1.54) is 12.3 Å². The molecule has 1 aromatic carbocycles. The summed E-state index contributed by atoms with van der Waals surface area (Å²) in [6, 6.07) is 6.73. The molecule has 0 spiro atoms. The Morgan fingerprint density at radius 3 is 2.61 bits per heavy atom. The summed E-state index contributed by atoms with van der Waals surface area (Å²) in [5, 5.41) is 5.72. The van der Waals surface area contributed by atoms with Crippen molar-refractivity contribution in [1.29, 1.82) is 0 Å². The van der Waals surface area contributed by atoms with Crippen LogP contribution in [0.4, 0.5) is 20.2 Å². The van der Waals surface area contributed by atoms with Crippen LogP contribution in [0.5, 0.6) is 0 Å². The normalized spacial score (nSPS) is 10.4. The van der Waals surface area contributed by atoms with Gasteiger partial charge in [0.25, 0.3) is 5.91 Å². The molecule has 4 nitrogen and oxygen atoms in total. The number of amides is 1. The number of nitrogens with zero attached hydrogens (tertiary/aromatic N) is 1. The van der Waals surface area contributed by atoms with Crippen LogP contribution in [-0.2, 0) is 0 Å². The van der Waals surface area contributed by atoms with Crippen molar-refractivity contribution >= 4 is 17.3 Å². The van der Waals surface area contributed by atoms with Gasteiger partial charge in [0.15, 0.2) is 11.6 Å². The molecular weight excluding hydrogens is 300 g/mol. The zero-order valence-electron chi connectivity index (χ0n) is 12.9. The van der Waals surface area contributed by atoms with E-state index in [1.54, 1.807) is 12.1 Å². The van der Waals surface area contributed by atoms with Crippen LogP contribution in [0.25, 0.3) is 0 Å². The number of carbonyl (C=O) groups excluding carboxylic acids is 1. The molecule has 1 amide bonds. The monoisotopic (exact) mass is 319 g/mol. The lowest BCUT2D eigenvalue weighted by Crippen LogP contribution is -2.25. The number of pyridine rings is 1. The van der Waals surface area contributed by atoms with Crippen molar-refractivity contribution in [2.45, 2.75) is 26.2 Å². The third-order valence-electron chi connectivity index (χ3n) is 3.27. The van der Waals surface area contributed by atoms with Crippen LogP contribution in [0.15, 0.2) is 36.5 Å². The van der Waals surface area contributed by atoms with Crippen LogP contribution in [0.3, 0.4) is 0 Å². The Labute approximate surface area is 133 Å². The minimum atomic E-state index is -0.932. The highest BCUT2D eigenvalue weighted by Crippen LogP contribution is 2.19. The molecule has 1 heterocycles. The predicted molar refractivity (Wildman–Crippen MR) is 85.7 cm³/mol. The maximum atomic E-state index is 13.2. The molecule has 2 rings (SSSR count). The van der Waals surface area contributed by atoms with Crippen LogP contribution in [0.1, 0.15) is 36.7 Å². The summed E-state index contributed by atoms with van der Waals surface area (Å²) in [6.45, 7) is 2.70. The summed E-state index contributed by atoms with van der Waals surface area (Å²) in [7, 11) is 0.